The molecular formula is C14H9Cl2FO3S. The van der Waals surface area contributed by atoms with E-state index in [4.69, 9.17) is 28.3 Å². The topological polar surface area (TPSA) is 54.4 Å². The normalized spacial score (nSPS) is 12.1. The first-order valence-corrected chi connectivity index (χ1v) is 7.81. The van der Waals surface area contributed by atoms with E-state index >= 15 is 0 Å². The van der Waals surface area contributed by atoms with E-state index in [0.717, 1.165) is 0 Å². The molecule has 110 valence electrons. The van der Waals surface area contributed by atoms with Crippen molar-refractivity contribution in [3.05, 3.63) is 63.4 Å². The van der Waals surface area contributed by atoms with Crippen LogP contribution in [-0.4, -0.2) is 15.3 Å². The Morgan fingerprint density at radius 2 is 1.95 bits per heavy atom. The second-order valence-electron chi connectivity index (χ2n) is 4.15. The van der Waals surface area contributed by atoms with Gasteiger partial charge in [-0.15, -0.1) is 0 Å². The van der Waals surface area contributed by atoms with Crippen LogP contribution >= 0.6 is 23.2 Å². The number of aromatic carboxylic acids is 1. The Labute approximate surface area is 132 Å². The third-order valence-electron chi connectivity index (χ3n) is 2.75. The highest BCUT2D eigenvalue weighted by Gasteiger charge is 2.15. The molecule has 7 heteroatoms. The predicted octanol–water partition coefficient (Wildman–Crippen LogP) is 4.14. The zero-order chi connectivity index (χ0) is 15.6. The molecule has 0 aromatic heterocycles. The van der Waals surface area contributed by atoms with Crippen molar-refractivity contribution in [3.8, 4) is 0 Å². The highest BCUT2D eigenvalue weighted by atomic mass is 35.5. The Morgan fingerprint density at radius 3 is 2.62 bits per heavy atom. The van der Waals surface area contributed by atoms with E-state index in [1.165, 1.54) is 30.3 Å². The highest BCUT2D eigenvalue weighted by molar-refractivity contribution is 7.84. The monoisotopic (exact) mass is 346 g/mol. The SMILES string of the molecule is O=C(O)c1cc(S(=O)Cc2cccc(F)c2Cl)ccc1Cl. The molecule has 0 amide bonds. The lowest BCUT2D eigenvalue weighted by atomic mass is 10.2. The van der Waals surface area contributed by atoms with Gasteiger partial charge in [-0.1, -0.05) is 35.3 Å². The van der Waals surface area contributed by atoms with Crippen LogP contribution in [0.25, 0.3) is 0 Å². The van der Waals surface area contributed by atoms with E-state index in [-0.39, 0.29) is 26.3 Å². The predicted molar refractivity (Wildman–Crippen MR) is 79.9 cm³/mol. The molecule has 2 aromatic rings. The van der Waals surface area contributed by atoms with Crippen LogP contribution in [0, 0.1) is 5.82 Å². The van der Waals surface area contributed by atoms with Gasteiger partial charge in [0.2, 0.25) is 0 Å². The molecule has 0 aliphatic heterocycles. The van der Waals surface area contributed by atoms with Crippen molar-refractivity contribution in [2.24, 2.45) is 0 Å². The van der Waals surface area contributed by atoms with Crippen LogP contribution in [0.1, 0.15) is 15.9 Å². The summed E-state index contributed by atoms with van der Waals surface area (Å²) in [5, 5.41) is 8.97. The molecule has 0 saturated heterocycles. The fourth-order valence-corrected chi connectivity index (χ4v) is 3.32. The van der Waals surface area contributed by atoms with Gasteiger partial charge in [0.05, 0.1) is 32.2 Å². The largest absolute Gasteiger partial charge is 0.478 e. The molecule has 2 aromatic carbocycles. The number of hydrogen-bond donors (Lipinski definition) is 1. The van der Waals surface area contributed by atoms with Crippen LogP contribution in [0.15, 0.2) is 41.3 Å². The van der Waals surface area contributed by atoms with E-state index in [0.29, 0.717) is 5.56 Å². The molecular weight excluding hydrogens is 338 g/mol. The average Bonchev–Trinajstić information content (AvgIpc) is 2.44. The van der Waals surface area contributed by atoms with Crippen LogP contribution in [0.5, 0.6) is 0 Å². The Hall–Kier alpha value is -1.43. The maximum absolute atomic E-state index is 13.3. The Bertz CT molecular complexity index is 734. The highest BCUT2D eigenvalue weighted by Crippen LogP contribution is 2.25. The van der Waals surface area contributed by atoms with Crippen LogP contribution in [-0.2, 0) is 16.6 Å². The van der Waals surface area contributed by atoms with Gasteiger partial charge in [0.15, 0.2) is 0 Å². The lowest BCUT2D eigenvalue weighted by Gasteiger charge is -2.07. The third-order valence-corrected chi connectivity index (χ3v) is 4.86. The molecule has 1 atom stereocenters. The average molecular weight is 347 g/mol. The van der Waals surface area contributed by atoms with E-state index in [9.17, 15) is 13.4 Å². The van der Waals surface area contributed by atoms with Crippen molar-refractivity contribution in [2.45, 2.75) is 10.6 Å². The summed E-state index contributed by atoms with van der Waals surface area (Å²) in [5.74, 6) is -1.81. The molecule has 0 fully saturated rings. The first-order valence-electron chi connectivity index (χ1n) is 5.74. The molecule has 2 rings (SSSR count). The summed E-state index contributed by atoms with van der Waals surface area (Å²) in [4.78, 5) is 11.3. The van der Waals surface area contributed by atoms with Crippen molar-refractivity contribution >= 4 is 40.0 Å². The van der Waals surface area contributed by atoms with Crippen LogP contribution in [0.4, 0.5) is 4.39 Å². The second kappa shape index (κ2) is 6.56. The molecule has 1 unspecified atom stereocenters. The first-order chi connectivity index (χ1) is 9.90. The van der Waals surface area contributed by atoms with E-state index in [1.54, 1.807) is 6.07 Å². The van der Waals surface area contributed by atoms with Crippen molar-refractivity contribution in [2.75, 3.05) is 0 Å². The second-order valence-corrected chi connectivity index (χ2v) is 6.39. The number of halogens is 3. The van der Waals surface area contributed by atoms with Crippen molar-refractivity contribution in [3.63, 3.8) is 0 Å². The standard InChI is InChI=1S/C14H9Cl2FO3S/c15-11-5-4-9(6-10(11)14(18)19)21(20)7-8-2-1-3-12(17)13(8)16/h1-6H,7H2,(H,18,19). The Morgan fingerprint density at radius 1 is 1.24 bits per heavy atom. The zero-order valence-electron chi connectivity index (χ0n) is 10.5. The molecule has 0 bridgehead atoms. The van der Waals surface area contributed by atoms with Gasteiger partial charge in [-0.05, 0) is 29.8 Å². The summed E-state index contributed by atoms with van der Waals surface area (Å²) in [6.45, 7) is 0. The fourth-order valence-electron chi connectivity index (χ4n) is 1.69. The number of carboxylic acid groups (broad SMARTS) is 1. The van der Waals surface area contributed by atoms with Crippen molar-refractivity contribution in [1.29, 1.82) is 0 Å². The van der Waals surface area contributed by atoms with Gasteiger partial charge in [0.1, 0.15) is 5.82 Å². The quantitative estimate of drug-likeness (QED) is 0.904. The van der Waals surface area contributed by atoms with Crippen LogP contribution in [0.3, 0.4) is 0 Å². The first kappa shape index (κ1) is 15.9. The minimum atomic E-state index is -1.56. The molecule has 0 spiro atoms. The van der Waals surface area contributed by atoms with Gasteiger partial charge >= 0.3 is 5.97 Å². The minimum Gasteiger partial charge on any atom is -0.478 e. The third kappa shape index (κ3) is 3.61. The van der Waals surface area contributed by atoms with E-state index < -0.39 is 22.6 Å². The maximum Gasteiger partial charge on any atom is 0.337 e. The summed E-state index contributed by atoms with van der Waals surface area (Å²) >= 11 is 11.6. The Kier molecular flexibility index (Phi) is 4.98. The van der Waals surface area contributed by atoms with E-state index in [2.05, 4.69) is 0 Å². The zero-order valence-corrected chi connectivity index (χ0v) is 12.8. The van der Waals surface area contributed by atoms with Gasteiger partial charge in [-0.3, -0.25) is 4.21 Å². The molecule has 1 N–H and O–H groups in total. The van der Waals surface area contributed by atoms with Crippen molar-refractivity contribution < 1.29 is 18.5 Å². The summed E-state index contributed by atoms with van der Waals surface area (Å²) in [6.07, 6.45) is 0. The van der Waals surface area contributed by atoms with Gasteiger partial charge < -0.3 is 5.11 Å². The number of carbonyl (C=O) groups is 1. The lowest BCUT2D eigenvalue weighted by Crippen LogP contribution is -2.02. The summed E-state index contributed by atoms with van der Waals surface area (Å²) in [7, 11) is -1.56. The number of rotatable bonds is 4. The van der Waals surface area contributed by atoms with Gasteiger partial charge in [0, 0.05) is 4.90 Å². The van der Waals surface area contributed by atoms with Gasteiger partial charge in [-0.25, -0.2) is 9.18 Å². The molecule has 0 heterocycles. The van der Waals surface area contributed by atoms with Crippen LogP contribution in [0.2, 0.25) is 10.0 Å². The van der Waals surface area contributed by atoms with Gasteiger partial charge in [-0.2, -0.15) is 0 Å². The van der Waals surface area contributed by atoms with Crippen molar-refractivity contribution in [1.82, 2.24) is 0 Å². The number of hydrogen-bond acceptors (Lipinski definition) is 2. The minimum absolute atomic E-state index is 0.0166. The molecule has 0 radical (unpaired) electrons. The fraction of sp³-hybridized carbons (Fsp3) is 0.0714. The maximum atomic E-state index is 13.3. The molecule has 3 nitrogen and oxygen atoms in total. The molecule has 21 heavy (non-hydrogen) atoms. The molecule has 0 saturated carbocycles. The van der Waals surface area contributed by atoms with Gasteiger partial charge in [0.25, 0.3) is 0 Å². The summed E-state index contributed by atoms with van der Waals surface area (Å²) in [5.41, 5.74) is 0.259. The van der Waals surface area contributed by atoms with E-state index in [1.807, 2.05) is 0 Å². The Balaban J connectivity index is 2.31. The van der Waals surface area contributed by atoms with Crippen LogP contribution < -0.4 is 0 Å². The smallest absolute Gasteiger partial charge is 0.337 e. The number of benzene rings is 2. The number of carboxylic acids is 1. The summed E-state index contributed by atoms with van der Waals surface area (Å²) in [6, 6.07) is 8.33. The lowest BCUT2D eigenvalue weighted by molar-refractivity contribution is 0.0697. The molecule has 0 aliphatic carbocycles. The molecule has 0 aliphatic rings. The summed E-state index contributed by atoms with van der Waals surface area (Å²) < 4.78 is 25.6.